The summed E-state index contributed by atoms with van der Waals surface area (Å²) in [6, 6.07) is 12.9. The van der Waals surface area contributed by atoms with E-state index in [1.807, 2.05) is 49.4 Å². The lowest BCUT2D eigenvalue weighted by Gasteiger charge is -2.29. The molecule has 1 aliphatic heterocycles. The van der Waals surface area contributed by atoms with E-state index in [0.29, 0.717) is 29.4 Å². The van der Waals surface area contributed by atoms with Gasteiger partial charge in [-0.05, 0) is 36.8 Å². The first-order valence-electron chi connectivity index (χ1n) is 8.05. The summed E-state index contributed by atoms with van der Waals surface area (Å²) in [5.74, 6) is 0.926. The average Bonchev–Trinajstić information content (AvgIpc) is 2.61. The van der Waals surface area contributed by atoms with Gasteiger partial charge in [0.15, 0.2) is 6.61 Å². The minimum absolute atomic E-state index is 0.00959. The number of amides is 2. The van der Waals surface area contributed by atoms with Gasteiger partial charge in [0.25, 0.3) is 5.91 Å². The summed E-state index contributed by atoms with van der Waals surface area (Å²) in [5.41, 5.74) is 2.34. The van der Waals surface area contributed by atoms with Gasteiger partial charge in [-0.3, -0.25) is 9.59 Å². The number of benzene rings is 2. The largest absolute Gasteiger partial charge is 0.495 e. The number of methoxy groups -OCH3 is 1. The minimum Gasteiger partial charge on any atom is -0.495 e. The predicted octanol–water partition coefficient (Wildman–Crippen LogP) is 2.76. The third kappa shape index (κ3) is 3.74. The van der Waals surface area contributed by atoms with Gasteiger partial charge in [-0.2, -0.15) is 0 Å². The molecular weight excluding hydrogens is 320 g/mol. The zero-order valence-electron chi connectivity index (χ0n) is 14.2. The first kappa shape index (κ1) is 16.8. The smallest absolute Gasteiger partial charge is 0.265 e. The lowest BCUT2D eigenvalue weighted by atomic mass is 10.2. The molecule has 0 aromatic heterocycles. The summed E-state index contributed by atoms with van der Waals surface area (Å²) in [4.78, 5) is 26.0. The zero-order chi connectivity index (χ0) is 17.8. The molecule has 3 rings (SSSR count). The Labute approximate surface area is 146 Å². The topological polar surface area (TPSA) is 67.9 Å². The average molecular weight is 340 g/mol. The summed E-state index contributed by atoms with van der Waals surface area (Å²) >= 11 is 0. The van der Waals surface area contributed by atoms with Gasteiger partial charge in [0.1, 0.15) is 11.5 Å². The molecule has 0 fully saturated rings. The Morgan fingerprint density at radius 2 is 2.08 bits per heavy atom. The lowest BCUT2D eigenvalue weighted by Crippen LogP contribution is -2.40. The highest BCUT2D eigenvalue weighted by atomic mass is 16.5. The molecule has 0 bridgehead atoms. The van der Waals surface area contributed by atoms with Crippen LogP contribution >= 0.6 is 0 Å². The number of carbonyl (C=O) groups is 2. The Bertz CT molecular complexity index is 804. The van der Waals surface area contributed by atoms with Crippen molar-refractivity contribution in [3.05, 3.63) is 48.0 Å². The SMILES string of the molecule is COc1ccc(C)cc1NC(=O)CCN1C(=O)COc2ccccc21. The molecule has 0 saturated heterocycles. The monoisotopic (exact) mass is 340 g/mol. The Morgan fingerprint density at radius 1 is 1.28 bits per heavy atom. The van der Waals surface area contributed by atoms with Crippen LogP contribution < -0.4 is 19.7 Å². The van der Waals surface area contributed by atoms with Crippen LogP contribution in [0.2, 0.25) is 0 Å². The van der Waals surface area contributed by atoms with Crippen LogP contribution in [0.4, 0.5) is 11.4 Å². The van der Waals surface area contributed by atoms with Crippen molar-refractivity contribution in [2.24, 2.45) is 0 Å². The van der Waals surface area contributed by atoms with E-state index >= 15 is 0 Å². The van der Waals surface area contributed by atoms with Gasteiger partial charge in [-0.25, -0.2) is 0 Å². The molecular formula is C19H20N2O4. The third-order valence-electron chi connectivity index (χ3n) is 4.00. The van der Waals surface area contributed by atoms with Gasteiger partial charge in [0.2, 0.25) is 5.91 Å². The van der Waals surface area contributed by atoms with Crippen molar-refractivity contribution < 1.29 is 19.1 Å². The fraction of sp³-hybridized carbons (Fsp3) is 0.263. The normalized spacial score (nSPS) is 13.0. The van der Waals surface area contributed by atoms with Crippen molar-refractivity contribution in [2.75, 3.05) is 30.5 Å². The quantitative estimate of drug-likeness (QED) is 0.909. The maximum absolute atomic E-state index is 12.3. The number of para-hydroxylation sites is 2. The summed E-state index contributed by atoms with van der Waals surface area (Å²) < 4.78 is 10.7. The van der Waals surface area contributed by atoms with Crippen molar-refractivity contribution in [2.45, 2.75) is 13.3 Å². The van der Waals surface area contributed by atoms with Crippen LogP contribution in [0.3, 0.4) is 0 Å². The molecule has 1 N–H and O–H groups in total. The molecule has 0 atom stereocenters. The van der Waals surface area contributed by atoms with Crippen LogP contribution in [0.25, 0.3) is 0 Å². The van der Waals surface area contributed by atoms with Crippen molar-refractivity contribution in [1.82, 2.24) is 0 Å². The second kappa shape index (κ2) is 7.25. The highest BCUT2D eigenvalue weighted by Crippen LogP contribution is 2.31. The van der Waals surface area contributed by atoms with E-state index in [1.165, 1.54) is 0 Å². The number of nitrogens with zero attached hydrogens (tertiary/aromatic N) is 1. The van der Waals surface area contributed by atoms with E-state index in [-0.39, 0.29) is 24.8 Å². The second-order valence-electron chi connectivity index (χ2n) is 5.80. The zero-order valence-corrected chi connectivity index (χ0v) is 14.2. The van der Waals surface area contributed by atoms with Crippen molar-refractivity contribution in [1.29, 1.82) is 0 Å². The fourth-order valence-corrected chi connectivity index (χ4v) is 2.74. The van der Waals surface area contributed by atoms with Gasteiger partial charge in [0.05, 0.1) is 18.5 Å². The molecule has 0 saturated carbocycles. The van der Waals surface area contributed by atoms with E-state index in [0.717, 1.165) is 5.56 Å². The first-order chi connectivity index (χ1) is 12.1. The molecule has 2 amide bonds. The number of anilines is 2. The molecule has 6 heteroatoms. The molecule has 130 valence electrons. The Morgan fingerprint density at radius 3 is 2.88 bits per heavy atom. The van der Waals surface area contributed by atoms with Crippen LogP contribution in [-0.4, -0.2) is 32.1 Å². The lowest BCUT2D eigenvalue weighted by molar-refractivity contribution is -0.121. The molecule has 2 aromatic carbocycles. The summed E-state index contributed by atoms with van der Waals surface area (Å²) in [6.45, 7) is 2.22. The van der Waals surface area contributed by atoms with Crippen molar-refractivity contribution in [3.8, 4) is 11.5 Å². The predicted molar refractivity (Wildman–Crippen MR) is 95.3 cm³/mol. The summed E-state index contributed by atoms with van der Waals surface area (Å²) in [7, 11) is 1.56. The number of fused-ring (bicyclic) bond motifs is 1. The van der Waals surface area contributed by atoms with E-state index in [1.54, 1.807) is 12.0 Å². The van der Waals surface area contributed by atoms with Crippen molar-refractivity contribution in [3.63, 3.8) is 0 Å². The fourth-order valence-electron chi connectivity index (χ4n) is 2.74. The Kier molecular flexibility index (Phi) is 4.88. The van der Waals surface area contributed by atoms with Crippen LogP contribution in [0.15, 0.2) is 42.5 Å². The number of hydrogen-bond acceptors (Lipinski definition) is 4. The Hall–Kier alpha value is -3.02. The Balaban J connectivity index is 1.67. The third-order valence-corrected chi connectivity index (χ3v) is 4.00. The molecule has 6 nitrogen and oxygen atoms in total. The number of hydrogen-bond donors (Lipinski definition) is 1. The first-order valence-corrected chi connectivity index (χ1v) is 8.05. The van der Waals surface area contributed by atoms with Crippen LogP contribution in [0, 0.1) is 6.92 Å². The highest BCUT2D eigenvalue weighted by Gasteiger charge is 2.25. The molecule has 1 heterocycles. The molecule has 0 spiro atoms. The van der Waals surface area contributed by atoms with Crippen LogP contribution in [0.1, 0.15) is 12.0 Å². The number of nitrogens with one attached hydrogen (secondary N) is 1. The number of rotatable bonds is 5. The standard InChI is InChI=1S/C19H20N2O4/c1-13-7-8-16(24-2)14(11-13)20-18(22)9-10-21-15-5-3-4-6-17(15)25-12-19(21)23/h3-8,11H,9-10,12H2,1-2H3,(H,20,22). The highest BCUT2D eigenvalue weighted by molar-refractivity contribution is 5.99. The van der Waals surface area contributed by atoms with Gasteiger partial charge in [-0.15, -0.1) is 0 Å². The molecule has 2 aromatic rings. The summed E-state index contributed by atoms with van der Waals surface area (Å²) in [5, 5.41) is 2.85. The van der Waals surface area contributed by atoms with Crippen LogP contribution in [0.5, 0.6) is 11.5 Å². The van der Waals surface area contributed by atoms with Crippen LogP contribution in [-0.2, 0) is 9.59 Å². The number of carbonyl (C=O) groups excluding carboxylic acids is 2. The van der Waals surface area contributed by atoms with E-state index in [9.17, 15) is 9.59 Å². The van der Waals surface area contributed by atoms with Crippen molar-refractivity contribution >= 4 is 23.2 Å². The summed E-state index contributed by atoms with van der Waals surface area (Å²) in [6.07, 6.45) is 0.178. The van der Waals surface area contributed by atoms with Gasteiger partial charge in [-0.1, -0.05) is 18.2 Å². The molecule has 25 heavy (non-hydrogen) atoms. The number of aryl methyl sites for hydroxylation is 1. The molecule has 0 radical (unpaired) electrons. The molecule has 0 aliphatic carbocycles. The van der Waals surface area contributed by atoms with E-state index < -0.39 is 0 Å². The minimum atomic E-state index is -0.180. The second-order valence-corrected chi connectivity index (χ2v) is 5.80. The van der Waals surface area contributed by atoms with E-state index in [4.69, 9.17) is 9.47 Å². The maximum Gasteiger partial charge on any atom is 0.265 e. The van der Waals surface area contributed by atoms with Gasteiger partial charge >= 0.3 is 0 Å². The van der Waals surface area contributed by atoms with Gasteiger partial charge in [0, 0.05) is 13.0 Å². The molecule has 0 unspecified atom stereocenters. The number of ether oxygens (including phenoxy) is 2. The maximum atomic E-state index is 12.3. The van der Waals surface area contributed by atoms with Gasteiger partial charge < -0.3 is 19.7 Å². The molecule has 1 aliphatic rings. The van der Waals surface area contributed by atoms with E-state index in [2.05, 4.69) is 5.32 Å².